The fraction of sp³-hybridized carbons (Fsp3) is 0.314. The monoisotopic (exact) mass is 610 g/mol. The quantitative estimate of drug-likeness (QED) is 0.326. The predicted octanol–water partition coefficient (Wildman–Crippen LogP) is 4.50. The number of amides is 4. The number of fused-ring (bicyclic) bond motifs is 4. The van der Waals surface area contributed by atoms with Gasteiger partial charge in [0.25, 0.3) is 0 Å². The van der Waals surface area contributed by atoms with Crippen molar-refractivity contribution in [3.8, 4) is 5.75 Å². The molecule has 0 aromatic heterocycles. The SMILES string of the molecule is CN1C(=O)[C@H]2[C@H](CC=C3[C@H]2C[C@H]2C(=O)N(c4cccc(Cl)c4)C(=O)[C@@]2(c2ccccc2)[C@H]3c2ccccc2OCCO)C1=O. The van der Waals surface area contributed by atoms with Crippen molar-refractivity contribution in [3.05, 3.63) is 107 Å². The molecule has 2 heterocycles. The van der Waals surface area contributed by atoms with E-state index in [1.165, 1.54) is 16.8 Å². The molecule has 1 N–H and O–H groups in total. The van der Waals surface area contributed by atoms with Gasteiger partial charge in [-0.05, 0) is 48.6 Å². The Balaban J connectivity index is 1.52. The predicted molar refractivity (Wildman–Crippen MR) is 163 cm³/mol. The maximum absolute atomic E-state index is 15.2. The largest absolute Gasteiger partial charge is 0.491 e. The molecule has 44 heavy (non-hydrogen) atoms. The van der Waals surface area contributed by atoms with Gasteiger partial charge in [0, 0.05) is 23.6 Å². The van der Waals surface area contributed by atoms with Crippen molar-refractivity contribution in [3.63, 3.8) is 0 Å². The number of carbonyl (C=O) groups excluding carboxylic acids is 4. The van der Waals surface area contributed by atoms with Crippen molar-refractivity contribution in [1.82, 2.24) is 4.90 Å². The smallest absolute Gasteiger partial charge is 0.246 e. The summed E-state index contributed by atoms with van der Waals surface area (Å²) in [5.41, 5.74) is 1.22. The first-order chi connectivity index (χ1) is 21.3. The third-order valence-corrected chi connectivity index (χ3v) is 10.2. The zero-order valence-corrected chi connectivity index (χ0v) is 24.8. The Hall–Kier alpha value is -4.27. The second kappa shape index (κ2) is 10.7. The molecule has 7 rings (SSSR count). The first-order valence-corrected chi connectivity index (χ1v) is 15.2. The van der Waals surface area contributed by atoms with Crippen LogP contribution in [0.15, 0.2) is 90.5 Å². The molecule has 8 nitrogen and oxygen atoms in total. The maximum atomic E-state index is 15.2. The minimum Gasteiger partial charge on any atom is -0.491 e. The van der Waals surface area contributed by atoms with Crippen LogP contribution in [0, 0.1) is 23.7 Å². The summed E-state index contributed by atoms with van der Waals surface area (Å²) >= 11 is 6.35. The number of benzene rings is 3. The molecule has 6 atom stereocenters. The van der Waals surface area contributed by atoms with E-state index in [-0.39, 0.29) is 43.3 Å². The Morgan fingerprint density at radius 3 is 2.41 bits per heavy atom. The van der Waals surface area contributed by atoms with Gasteiger partial charge < -0.3 is 9.84 Å². The van der Waals surface area contributed by atoms with Crippen molar-refractivity contribution in [2.24, 2.45) is 23.7 Å². The number of imide groups is 2. The number of rotatable bonds is 6. The van der Waals surface area contributed by atoms with Gasteiger partial charge in [0.2, 0.25) is 23.6 Å². The Kier molecular flexibility index (Phi) is 6.94. The molecule has 3 aromatic carbocycles. The van der Waals surface area contributed by atoms with Crippen molar-refractivity contribution in [2.45, 2.75) is 24.2 Å². The molecule has 2 aliphatic heterocycles. The standard InChI is InChI=1S/C35H31ClN2O6/c1-37-31(40)25-15-14-23-26(29(25)33(37)42)19-27-32(41)38(22-11-7-10-21(36)18-22)34(43)35(27,20-8-3-2-4-9-20)30(23)24-12-5-6-13-28(24)44-17-16-39/h2-14,18,25-27,29-30,39H,15-17,19H2,1H3/t25-,26+,27-,29-,30+,35+/m0/s1. The van der Waals surface area contributed by atoms with E-state index < -0.39 is 35.0 Å². The van der Waals surface area contributed by atoms with Crippen LogP contribution in [-0.4, -0.2) is 53.9 Å². The number of aliphatic hydroxyl groups is 1. The molecule has 3 fully saturated rings. The van der Waals surface area contributed by atoms with E-state index in [0.717, 1.165) is 5.57 Å². The Morgan fingerprint density at radius 2 is 1.66 bits per heavy atom. The van der Waals surface area contributed by atoms with Crippen LogP contribution in [0.25, 0.3) is 0 Å². The van der Waals surface area contributed by atoms with E-state index in [9.17, 15) is 19.5 Å². The van der Waals surface area contributed by atoms with E-state index in [4.69, 9.17) is 16.3 Å². The van der Waals surface area contributed by atoms with E-state index in [1.54, 1.807) is 30.3 Å². The molecule has 3 aromatic rings. The van der Waals surface area contributed by atoms with Gasteiger partial charge in [-0.25, -0.2) is 4.90 Å². The number of allylic oxidation sites excluding steroid dienone is 2. The zero-order chi connectivity index (χ0) is 30.7. The van der Waals surface area contributed by atoms with Crippen LogP contribution in [0.2, 0.25) is 5.02 Å². The van der Waals surface area contributed by atoms with Gasteiger partial charge >= 0.3 is 0 Å². The number of carbonyl (C=O) groups is 4. The Morgan fingerprint density at radius 1 is 0.909 bits per heavy atom. The van der Waals surface area contributed by atoms with Crippen molar-refractivity contribution >= 4 is 40.9 Å². The Labute approximate surface area is 259 Å². The minimum absolute atomic E-state index is 0.0397. The number of nitrogens with zero attached hydrogens (tertiary/aromatic N) is 2. The number of ether oxygens (including phenoxy) is 1. The highest BCUT2D eigenvalue weighted by atomic mass is 35.5. The van der Waals surface area contributed by atoms with E-state index in [0.29, 0.717) is 34.0 Å². The van der Waals surface area contributed by atoms with Crippen LogP contribution in [-0.2, 0) is 24.6 Å². The third-order valence-electron chi connectivity index (χ3n) is 9.97. The maximum Gasteiger partial charge on any atom is 0.246 e. The van der Waals surface area contributed by atoms with E-state index >= 15 is 4.79 Å². The summed E-state index contributed by atoms with van der Waals surface area (Å²) in [6.07, 6.45) is 2.61. The number of para-hydroxylation sites is 1. The lowest BCUT2D eigenvalue weighted by Gasteiger charge is -2.51. The molecule has 2 saturated heterocycles. The molecule has 0 unspecified atom stereocenters. The first-order valence-electron chi connectivity index (χ1n) is 14.8. The molecular formula is C35H31ClN2O6. The molecule has 0 spiro atoms. The minimum atomic E-state index is -1.38. The lowest BCUT2D eigenvalue weighted by molar-refractivity contribution is -0.138. The van der Waals surface area contributed by atoms with Gasteiger partial charge in [0.15, 0.2) is 0 Å². The van der Waals surface area contributed by atoms with Crippen LogP contribution >= 0.6 is 11.6 Å². The lowest BCUT2D eigenvalue weighted by atomic mass is 9.49. The molecular weight excluding hydrogens is 580 g/mol. The molecule has 4 amide bonds. The summed E-state index contributed by atoms with van der Waals surface area (Å²) in [4.78, 5) is 59.1. The molecule has 2 aliphatic carbocycles. The summed E-state index contributed by atoms with van der Waals surface area (Å²) in [6, 6.07) is 23.4. The molecule has 0 radical (unpaired) electrons. The third kappa shape index (κ3) is 3.94. The van der Waals surface area contributed by atoms with Crippen molar-refractivity contribution < 1.29 is 29.0 Å². The lowest BCUT2D eigenvalue weighted by Crippen LogP contribution is -2.53. The number of halogens is 1. The van der Waals surface area contributed by atoms with Gasteiger partial charge in [0.05, 0.1) is 35.5 Å². The molecule has 1 saturated carbocycles. The fourth-order valence-electron chi connectivity index (χ4n) is 8.25. The van der Waals surface area contributed by atoms with Gasteiger partial charge in [-0.2, -0.15) is 0 Å². The molecule has 9 heteroatoms. The van der Waals surface area contributed by atoms with Crippen LogP contribution in [0.1, 0.15) is 29.9 Å². The van der Waals surface area contributed by atoms with E-state index in [1.807, 2.05) is 54.6 Å². The van der Waals surface area contributed by atoms with Crippen LogP contribution < -0.4 is 9.64 Å². The number of anilines is 1. The van der Waals surface area contributed by atoms with Gasteiger partial charge in [-0.3, -0.25) is 24.1 Å². The molecule has 0 bridgehead atoms. The Bertz CT molecular complexity index is 1720. The fourth-order valence-corrected chi connectivity index (χ4v) is 8.44. The number of hydrogen-bond donors (Lipinski definition) is 1. The average molecular weight is 611 g/mol. The summed E-state index contributed by atoms with van der Waals surface area (Å²) < 4.78 is 6.05. The van der Waals surface area contributed by atoms with Gasteiger partial charge in [-0.15, -0.1) is 0 Å². The summed E-state index contributed by atoms with van der Waals surface area (Å²) in [5.74, 6) is -3.86. The summed E-state index contributed by atoms with van der Waals surface area (Å²) in [6.45, 7) is -0.165. The second-order valence-electron chi connectivity index (χ2n) is 11.9. The first kappa shape index (κ1) is 28.5. The van der Waals surface area contributed by atoms with Crippen LogP contribution in [0.3, 0.4) is 0 Å². The van der Waals surface area contributed by atoms with Crippen molar-refractivity contribution in [1.29, 1.82) is 0 Å². The highest BCUT2D eigenvalue weighted by molar-refractivity contribution is 6.32. The number of likely N-dealkylation sites (tertiary alicyclic amines) is 1. The zero-order valence-electron chi connectivity index (χ0n) is 24.1. The van der Waals surface area contributed by atoms with Crippen LogP contribution in [0.5, 0.6) is 5.75 Å². The normalized spacial score (nSPS) is 29.3. The topological polar surface area (TPSA) is 104 Å². The highest BCUT2D eigenvalue weighted by Gasteiger charge is 2.70. The van der Waals surface area contributed by atoms with Gasteiger partial charge in [-0.1, -0.05) is 77.8 Å². The average Bonchev–Trinajstić information content (AvgIpc) is 3.40. The highest BCUT2D eigenvalue weighted by Crippen LogP contribution is 2.65. The number of hydrogen-bond acceptors (Lipinski definition) is 6. The van der Waals surface area contributed by atoms with E-state index in [2.05, 4.69) is 0 Å². The summed E-state index contributed by atoms with van der Waals surface area (Å²) in [7, 11) is 1.51. The molecule has 224 valence electrons. The molecule has 4 aliphatic rings. The summed E-state index contributed by atoms with van der Waals surface area (Å²) in [5, 5.41) is 10.0. The van der Waals surface area contributed by atoms with Crippen molar-refractivity contribution in [2.75, 3.05) is 25.2 Å². The van der Waals surface area contributed by atoms with Crippen LogP contribution in [0.4, 0.5) is 5.69 Å². The van der Waals surface area contributed by atoms with Gasteiger partial charge in [0.1, 0.15) is 12.4 Å². The second-order valence-corrected chi connectivity index (χ2v) is 12.4. The number of aliphatic hydroxyl groups excluding tert-OH is 1.